The van der Waals surface area contributed by atoms with Crippen molar-refractivity contribution in [2.45, 2.75) is 37.6 Å². The number of anilines is 1. The largest absolute Gasteiger partial charge is 0.497 e. The van der Waals surface area contributed by atoms with Gasteiger partial charge in [-0.25, -0.2) is 0 Å². The number of aromatic amines is 1. The highest BCUT2D eigenvalue weighted by Crippen LogP contribution is 2.39. The number of nitrogens with one attached hydrogen (secondary N) is 2. The summed E-state index contributed by atoms with van der Waals surface area (Å²) in [6.07, 6.45) is 5.04. The molecule has 1 aliphatic carbocycles. The molecule has 7 heteroatoms. The van der Waals surface area contributed by atoms with E-state index in [2.05, 4.69) is 20.4 Å². The summed E-state index contributed by atoms with van der Waals surface area (Å²) in [5, 5.41) is 11.1. The maximum absolute atomic E-state index is 12.9. The number of methoxy groups -OCH3 is 1. The van der Waals surface area contributed by atoms with Crippen LogP contribution in [-0.2, 0) is 9.53 Å². The van der Waals surface area contributed by atoms with Gasteiger partial charge in [-0.1, -0.05) is 12.8 Å². The molecule has 1 amide bonds. The number of aromatic nitrogens is 2. The van der Waals surface area contributed by atoms with Crippen molar-refractivity contribution in [1.29, 1.82) is 0 Å². The molecule has 0 radical (unpaired) electrons. The van der Waals surface area contributed by atoms with Gasteiger partial charge in [0.05, 0.1) is 25.8 Å². The molecule has 2 N–H and O–H groups in total. The Morgan fingerprint density at radius 2 is 2.12 bits per heavy atom. The number of ether oxygens (including phenoxy) is 2. The summed E-state index contributed by atoms with van der Waals surface area (Å²) in [7, 11) is 1.63. The topological polar surface area (TPSA) is 79.5 Å². The van der Waals surface area contributed by atoms with Crippen LogP contribution in [0, 0.1) is 0 Å². The molecule has 1 saturated carbocycles. The SMILES string of the molecule is COc1ccc2[nH]nc(NC(=O)CC3(N4CCOCC4)CCCC3)c2c1. The zero-order chi connectivity index (χ0) is 18.0. The van der Waals surface area contributed by atoms with Crippen LogP contribution in [0.3, 0.4) is 0 Å². The third kappa shape index (κ3) is 3.29. The average molecular weight is 358 g/mol. The zero-order valence-electron chi connectivity index (χ0n) is 15.2. The summed E-state index contributed by atoms with van der Waals surface area (Å²) in [6.45, 7) is 3.34. The third-order valence-corrected chi connectivity index (χ3v) is 5.73. The molecule has 2 aliphatic rings. The second-order valence-electron chi connectivity index (χ2n) is 7.24. The summed E-state index contributed by atoms with van der Waals surface area (Å²) in [4.78, 5) is 15.3. The van der Waals surface area contributed by atoms with E-state index in [-0.39, 0.29) is 11.4 Å². The summed E-state index contributed by atoms with van der Waals surface area (Å²) in [5.74, 6) is 1.34. The first-order valence-corrected chi connectivity index (χ1v) is 9.35. The molecule has 140 valence electrons. The van der Waals surface area contributed by atoms with Gasteiger partial charge in [-0.15, -0.1) is 0 Å². The lowest BCUT2D eigenvalue weighted by Crippen LogP contribution is -2.53. The smallest absolute Gasteiger partial charge is 0.227 e. The van der Waals surface area contributed by atoms with Crippen LogP contribution in [0.5, 0.6) is 5.75 Å². The first-order chi connectivity index (χ1) is 12.7. The van der Waals surface area contributed by atoms with Crippen LogP contribution in [0.1, 0.15) is 32.1 Å². The molecule has 0 spiro atoms. The van der Waals surface area contributed by atoms with E-state index >= 15 is 0 Å². The minimum atomic E-state index is -0.0301. The molecule has 0 atom stereocenters. The van der Waals surface area contributed by atoms with Crippen LogP contribution >= 0.6 is 0 Å². The van der Waals surface area contributed by atoms with Crippen LogP contribution < -0.4 is 10.1 Å². The molecule has 7 nitrogen and oxygen atoms in total. The molecule has 1 saturated heterocycles. The van der Waals surface area contributed by atoms with E-state index in [1.165, 1.54) is 12.8 Å². The van der Waals surface area contributed by atoms with Crippen molar-refractivity contribution >= 4 is 22.6 Å². The van der Waals surface area contributed by atoms with E-state index in [0.29, 0.717) is 12.2 Å². The summed E-state index contributed by atoms with van der Waals surface area (Å²) in [5.41, 5.74) is 0.849. The van der Waals surface area contributed by atoms with Crippen LogP contribution in [-0.4, -0.2) is 60.0 Å². The lowest BCUT2D eigenvalue weighted by Gasteiger charge is -2.43. The second kappa shape index (κ2) is 7.25. The predicted octanol–water partition coefficient (Wildman–Crippen LogP) is 2.55. The van der Waals surface area contributed by atoms with E-state index in [0.717, 1.165) is 55.8 Å². The number of amides is 1. The number of morpholine rings is 1. The first-order valence-electron chi connectivity index (χ1n) is 9.35. The van der Waals surface area contributed by atoms with E-state index in [1.54, 1.807) is 7.11 Å². The van der Waals surface area contributed by atoms with Gasteiger partial charge in [0.15, 0.2) is 5.82 Å². The van der Waals surface area contributed by atoms with Crippen LogP contribution in [0.25, 0.3) is 10.9 Å². The number of nitrogens with zero attached hydrogens (tertiary/aromatic N) is 2. The lowest BCUT2D eigenvalue weighted by atomic mass is 9.90. The quantitative estimate of drug-likeness (QED) is 0.859. The molecule has 4 rings (SSSR count). The highest BCUT2D eigenvalue weighted by atomic mass is 16.5. The van der Waals surface area contributed by atoms with Crippen molar-refractivity contribution in [2.75, 3.05) is 38.7 Å². The number of hydrogen-bond donors (Lipinski definition) is 2. The van der Waals surface area contributed by atoms with E-state index in [1.807, 2.05) is 18.2 Å². The maximum Gasteiger partial charge on any atom is 0.227 e. The fourth-order valence-corrected chi connectivity index (χ4v) is 4.37. The van der Waals surface area contributed by atoms with Crippen molar-refractivity contribution in [3.8, 4) is 5.75 Å². The first kappa shape index (κ1) is 17.3. The van der Waals surface area contributed by atoms with Crippen molar-refractivity contribution in [2.24, 2.45) is 0 Å². The Labute approximate surface area is 153 Å². The Hall–Kier alpha value is -2.12. The van der Waals surface area contributed by atoms with Gasteiger partial charge in [-0.3, -0.25) is 14.8 Å². The number of H-pyrrole nitrogens is 1. The minimum absolute atomic E-state index is 0.0228. The Morgan fingerprint density at radius 1 is 1.35 bits per heavy atom. The summed E-state index contributed by atoms with van der Waals surface area (Å²) in [6, 6.07) is 5.67. The molecule has 2 aromatic rings. The monoisotopic (exact) mass is 358 g/mol. The highest BCUT2D eigenvalue weighted by molar-refractivity contribution is 6.00. The van der Waals surface area contributed by atoms with Gasteiger partial charge in [0, 0.05) is 30.4 Å². The second-order valence-corrected chi connectivity index (χ2v) is 7.24. The Balaban J connectivity index is 1.50. The van der Waals surface area contributed by atoms with E-state index in [9.17, 15) is 4.79 Å². The predicted molar refractivity (Wildman–Crippen MR) is 99.5 cm³/mol. The van der Waals surface area contributed by atoms with Gasteiger partial charge in [0.1, 0.15) is 5.75 Å². The summed E-state index contributed by atoms with van der Waals surface area (Å²) >= 11 is 0. The maximum atomic E-state index is 12.9. The fraction of sp³-hybridized carbons (Fsp3) is 0.579. The minimum Gasteiger partial charge on any atom is -0.497 e. The van der Waals surface area contributed by atoms with Gasteiger partial charge in [0.2, 0.25) is 5.91 Å². The van der Waals surface area contributed by atoms with Crippen molar-refractivity contribution in [1.82, 2.24) is 15.1 Å². The normalized spacial score (nSPS) is 20.3. The molecule has 2 fully saturated rings. The number of rotatable bonds is 5. The van der Waals surface area contributed by atoms with Crippen molar-refractivity contribution in [3.05, 3.63) is 18.2 Å². The van der Waals surface area contributed by atoms with E-state index < -0.39 is 0 Å². The third-order valence-electron chi connectivity index (χ3n) is 5.73. The average Bonchev–Trinajstić information content (AvgIpc) is 3.30. The van der Waals surface area contributed by atoms with Gasteiger partial charge in [0.25, 0.3) is 0 Å². The van der Waals surface area contributed by atoms with Gasteiger partial charge < -0.3 is 14.8 Å². The fourth-order valence-electron chi connectivity index (χ4n) is 4.37. The van der Waals surface area contributed by atoms with Crippen LogP contribution in [0.4, 0.5) is 5.82 Å². The highest BCUT2D eigenvalue weighted by Gasteiger charge is 2.41. The lowest BCUT2D eigenvalue weighted by molar-refractivity contribution is -0.120. The molecular weight excluding hydrogens is 332 g/mol. The molecule has 0 unspecified atom stereocenters. The molecule has 1 aromatic heterocycles. The molecule has 1 aliphatic heterocycles. The standard InChI is InChI=1S/C19H26N4O3/c1-25-14-4-5-16-15(12-14)18(22-21-16)20-17(24)13-19(6-2-3-7-19)23-8-10-26-11-9-23/h4-5,12H,2-3,6-11,13H2,1H3,(H2,20,21,22,24). The van der Waals surface area contributed by atoms with Crippen molar-refractivity contribution < 1.29 is 14.3 Å². The Kier molecular flexibility index (Phi) is 4.82. The number of carbonyl (C=O) groups excluding carboxylic acids is 1. The van der Waals surface area contributed by atoms with Gasteiger partial charge in [-0.05, 0) is 31.0 Å². The number of fused-ring (bicyclic) bond motifs is 1. The zero-order valence-corrected chi connectivity index (χ0v) is 15.2. The molecule has 2 heterocycles. The van der Waals surface area contributed by atoms with Gasteiger partial charge >= 0.3 is 0 Å². The molecular formula is C19H26N4O3. The Bertz CT molecular complexity index is 776. The van der Waals surface area contributed by atoms with Crippen molar-refractivity contribution in [3.63, 3.8) is 0 Å². The molecule has 26 heavy (non-hydrogen) atoms. The number of carbonyl (C=O) groups is 1. The summed E-state index contributed by atoms with van der Waals surface area (Å²) < 4.78 is 10.8. The molecule has 0 bridgehead atoms. The van der Waals surface area contributed by atoms with Gasteiger partial charge in [-0.2, -0.15) is 5.10 Å². The number of benzene rings is 1. The van der Waals surface area contributed by atoms with E-state index in [4.69, 9.17) is 9.47 Å². The van der Waals surface area contributed by atoms with Crippen LogP contribution in [0.2, 0.25) is 0 Å². The van der Waals surface area contributed by atoms with Crippen LogP contribution in [0.15, 0.2) is 18.2 Å². The Morgan fingerprint density at radius 3 is 2.85 bits per heavy atom. The molecule has 1 aromatic carbocycles. The number of hydrogen-bond acceptors (Lipinski definition) is 5.